The van der Waals surface area contributed by atoms with Gasteiger partial charge >= 0.3 is 0 Å². The summed E-state index contributed by atoms with van der Waals surface area (Å²) in [5, 5.41) is 13.4. The summed E-state index contributed by atoms with van der Waals surface area (Å²) < 4.78 is 5.11. The van der Waals surface area contributed by atoms with Crippen LogP contribution in [0.1, 0.15) is 25.6 Å². The molecule has 0 aliphatic carbocycles. The number of fused-ring (bicyclic) bond motifs is 1. The number of hydrogen-bond acceptors (Lipinski definition) is 5. The van der Waals surface area contributed by atoms with Gasteiger partial charge < -0.3 is 15.4 Å². The topological polar surface area (TPSA) is 96.1 Å². The van der Waals surface area contributed by atoms with Crippen LogP contribution in [-0.2, 0) is 0 Å². The van der Waals surface area contributed by atoms with Crippen LogP contribution >= 0.6 is 11.3 Å². The summed E-state index contributed by atoms with van der Waals surface area (Å²) in [4.78, 5) is 26.2. The van der Waals surface area contributed by atoms with Crippen molar-refractivity contribution in [2.75, 3.05) is 17.7 Å². The Morgan fingerprint density at radius 1 is 1.00 bits per heavy atom. The van der Waals surface area contributed by atoms with E-state index < -0.39 is 0 Å². The summed E-state index contributed by atoms with van der Waals surface area (Å²) in [6.07, 6.45) is 0. The first-order chi connectivity index (χ1) is 14.0. The van der Waals surface area contributed by atoms with E-state index >= 15 is 0 Å². The van der Waals surface area contributed by atoms with Gasteiger partial charge in [-0.2, -0.15) is 5.10 Å². The van der Waals surface area contributed by atoms with Crippen LogP contribution in [0.2, 0.25) is 0 Å². The van der Waals surface area contributed by atoms with Crippen LogP contribution in [0.5, 0.6) is 5.75 Å². The first-order valence-electron chi connectivity index (χ1n) is 8.85. The molecule has 146 valence electrons. The van der Waals surface area contributed by atoms with Gasteiger partial charge in [-0.25, -0.2) is 0 Å². The van der Waals surface area contributed by atoms with Crippen molar-refractivity contribution in [3.05, 3.63) is 70.6 Å². The van der Waals surface area contributed by atoms with Crippen molar-refractivity contribution in [1.29, 1.82) is 0 Å². The van der Waals surface area contributed by atoms with Crippen LogP contribution in [0.4, 0.5) is 11.5 Å². The van der Waals surface area contributed by atoms with E-state index in [9.17, 15) is 9.59 Å². The van der Waals surface area contributed by atoms with Gasteiger partial charge in [0.15, 0.2) is 0 Å². The molecule has 2 aromatic carbocycles. The van der Waals surface area contributed by atoms with Gasteiger partial charge in [0, 0.05) is 11.3 Å². The highest BCUT2D eigenvalue weighted by Crippen LogP contribution is 2.30. The number of thiophene rings is 1. The number of carbonyl (C=O) groups excluding carboxylic acids is 2. The predicted octanol–water partition coefficient (Wildman–Crippen LogP) is 4.45. The normalized spacial score (nSPS) is 10.7. The molecule has 0 fully saturated rings. The summed E-state index contributed by atoms with van der Waals surface area (Å²) in [6, 6.07) is 16.1. The average molecular weight is 406 g/mol. The Labute approximate surface area is 170 Å². The van der Waals surface area contributed by atoms with E-state index in [-0.39, 0.29) is 11.8 Å². The fourth-order valence-electron chi connectivity index (χ4n) is 2.78. The number of methoxy groups -OCH3 is 1. The van der Waals surface area contributed by atoms with Crippen molar-refractivity contribution in [3.63, 3.8) is 0 Å². The summed E-state index contributed by atoms with van der Waals surface area (Å²) in [5.74, 6) is 0.691. The number of hydrogen-bond donors (Lipinski definition) is 3. The number of aromatic nitrogens is 2. The summed E-state index contributed by atoms with van der Waals surface area (Å²) in [6.45, 7) is 1.96. The third kappa shape index (κ3) is 3.97. The van der Waals surface area contributed by atoms with E-state index in [1.807, 2.05) is 19.1 Å². The van der Waals surface area contributed by atoms with E-state index in [0.29, 0.717) is 37.9 Å². The number of anilines is 2. The summed E-state index contributed by atoms with van der Waals surface area (Å²) >= 11 is 1.25. The van der Waals surface area contributed by atoms with Gasteiger partial charge in [0.25, 0.3) is 11.8 Å². The SMILES string of the molecule is COc1ccc(NC(=O)c2cc3c(NC(=O)c4ccc(C)cc4)[nH]nc3s2)cc1. The number of amides is 2. The standard InChI is InChI=1S/C21H18N4O3S/c1-12-3-5-13(6-4-12)19(26)23-18-16-11-17(29-21(16)25-24-18)20(27)22-14-7-9-15(28-2)10-8-14/h3-11H,1-2H3,(H,22,27)(H2,23,24,25,26). The number of H-pyrrole nitrogens is 1. The number of nitrogens with one attached hydrogen (secondary N) is 3. The van der Waals surface area contributed by atoms with Crippen LogP contribution < -0.4 is 15.4 Å². The van der Waals surface area contributed by atoms with Crippen LogP contribution in [-0.4, -0.2) is 29.1 Å². The number of aromatic amines is 1. The zero-order chi connectivity index (χ0) is 20.4. The Morgan fingerprint density at radius 2 is 1.72 bits per heavy atom. The molecule has 0 spiro atoms. The van der Waals surface area contributed by atoms with Gasteiger partial charge in [-0.1, -0.05) is 17.7 Å². The number of aryl methyl sites for hydroxylation is 1. The second-order valence-electron chi connectivity index (χ2n) is 6.43. The lowest BCUT2D eigenvalue weighted by molar-refractivity contribution is 0.102. The molecule has 0 saturated heterocycles. The van der Waals surface area contributed by atoms with Crippen LogP contribution in [0.15, 0.2) is 54.6 Å². The van der Waals surface area contributed by atoms with Crippen molar-refractivity contribution in [1.82, 2.24) is 10.2 Å². The highest BCUT2D eigenvalue weighted by atomic mass is 32.1. The molecule has 0 atom stereocenters. The lowest BCUT2D eigenvalue weighted by Crippen LogP contribution is -2.12. The maximum atomic E-state index is 12.6. The molecule has 0 bridgehead atoms. The zero-order valence-corrected chi connectivity index (χ0v) is 16.6. The molecule has 3 N–H and O–H groups in total. The lowest BCUT2D eigenvalue weighted by atomic mass is 10.1. The summed E-state index contributed by atoms with van der Waals surface area (Å²) in [5.41, 5.74) is 2.29. The molecule has 2 aromatic heterocycles. The van der Waals surface area contributed by atoms with Crippen LogP contribution in [0.25, 0.3) is 10.2 Å². The molecule has 2 heterocycles. The van der Waals surface area contributed by atoms with E-state index in [0.717, 1.165) is 5.56 Å². The second-order valence-corrected chi connectivity index (χ2v) is 7.46. The van der Waals surface area contributed by atoms with Crippen LogP contribution in [0, 0.1) is 6.92 Å². The summed E-state index contributed by atoms with van der Waals surface area (Å²) in [7, 11) is 1.59. The Kier molecular flexibility index (Phi) is 5.01. The fourth-order valence-corrected chi connectivity index (χ4v) is 3.67. The molecule has 4 aromatic rings. The van der Waals surface area contributed by atoms with Gasteiger partial charge in [-0.3, -0.25) is 14.7 Å². The third-order valence-electron chi connectivity index (χ3n) is 4.38. The molecular formula is C21H18N4O3S. The molecule has 0 unspecified atom stereocenters. The highest BCUT2D eigenvalue weighted by Gasteiger charge is 2.17. The van der Waals surface area contributed by atoms with Crippen molar-refractivity contribution in [3.8, 4) is 5.75 Å². The number of benzene rings is 2. The quantitative estimate of drug-likeness (QED) is 0.456. The monoisotopic (exact) mass is 406 g/mol. The molecule has 2 amide bonds. The first kappa shape index (κ1) is 18.7. The molecule has 0 radical (unpaired) electrons. The minimum absolute atomic E-state index is 0.242. The molecular weight excluding hydrogens is 388 g/mol. The van der Waals surface area contributed by atoms with E-state index in [1.165, 1.54) is 11.3 Å². The maximum absolute atomic E-state index is 12.6. The Hall–Kier alpha value is -3.65. The van der Waals surface area contributed by atoms with Gasteiger partial charge in [0.2, 0.25) is 0 Å². The number of nitrogens with zero attached hydrogens (tertiary/aromatic N) is 1. The van der Waals surface area contributed by atoms with Gasteiger partial charge in [0.1, 0.15) is 16.4 Å². The number of rotatable bonds is 5. The Bertz CT molecular complexity index is 1180. The molecule has 4 rings (SSSR count). The number of ether oxygens (including phenoxy) is 1. The molecule has 0 saturated carbocycles. The molecule has 8 heteroatoms. The van der Waals surface area contributed by atoms with E-state index in [4.69, 9.17) is 4.74 Å². The average Bonchev–Trinajstić information content (AvgIpc) is 3.31. The number of carbonyl (C=O) groups is 2. The predicted molar refractivity (Wildman–Crippen MR) is 114 cm³/mol. The van der Waals surface area contributed by atoms with Gasteiger partial charge in [-0.15, -0.1) is 11.3 Å². The Balaban J connectivity index is 1.51. The van der Waals surface area contributed by atoms with Gasteiger partial charge in [-0.05, 0) is 49.4 Å². The molecule has 29 heavy (non-hydrogen) atoms. The Morgan fingerprint density at radius 3 is 2.41 bits per heavy atom. The lowest BCUT2D eigenvalue weighted by Gasteiger charge is -2.05. The minimum Gasteiger partial charge on any atom is -0.497 e. The molecule has 0 aliphatic heterocycles. The van der Waals surface area contributed by atoms with Crippen molar-refractivity contribution in [2.24, 2.45) is 0 Å². The largest absolute Gasteiger partial charge is 0.497 e. The van der Waals surface area contributed by atoms with Crippen molar-refractivity contribution in [2.45, 2.75) is 6.92 Å². The zero-order valence-electron chi connectivity index (χ0n) is 15.8. The van der Waals surface area contributed by atoms with Gasteiger partial charge in [0.05, 0.1) is 17.4 Å². The fraction of sp³-hybridized carbons (Fsp3) is 0.0952. The van der Waals surface area contributed by atoms with Crippen molar-refractivity contribution < 1.29 is 14.3 Å². The highest BCUT2D eigenvalue weighted by molar-refractivity contribution is 7.20. The maximum Gasteiger partial charge on any atom is 0.265 e. The first-order valence-corrected chi connectivity index (χ1v) is 9.66. The second kappa shape index (κ2) is 7.76. The minimum atomic E-state index is -0.244. The van der Waals surface area contributed by atoms with Crippen molar-refractivity contribution >= 4 is 44.9 Å². The van der Waals surface area contributed by atoms with E-state index in [2.05, 4.69) is 20.8 Å². The third-order valence-corrected chi connectivity index (χ3v) is 5.40. The molecule has 7 nitrogen and oxygen atoms in total. The molecule has 0 aliphatic rings. The smallest absolute Gasteiger partial charge is 0.265 e. The van der Waals surface area contributed by atoms with Crippen LogP contribution in [0.3, 0.4) is 0 Å². The van der Waals surface area contributed by atoms with E-state index in [1.54, 1.807) is 49.6 Å².